The summed E-state index contributed by atoms with van der Waals surface area (Å²) in [6, 6.07) is 4.31. The molecule has 1 rings (SSSR count). The molecule has 1 aromatic rings. The predicted octanol–water partition coefficient (Wildman–Crippen LogP) is 1.93. The Balaban J connectivity index is 3.12. The van der Waals surface area contributed by atoms with Crippen molar-refractivity contribution in [2.75, 3.05) is 6.54 Å². The molecule has 0 bridgehead atoms. The van der Waals surface area contributed by atoms with Gasteiger partial charge in [0.2, 0.25) is 10.0 Å². The number of nitrogens with zero attached hydrogens (tertiary/aromatic N) is 1. The number of nitriles is 1. The van der Waals surface area contributed by atoms with Crippen molar-refractivity contribution >= 4 is 27.6 Å². The van der Waals surface area contributed by atoms with Gasteiger partial charge in [-0.25, -0.2) is 17.9 Å². The van der Waals surface area contributed by atoms with Crippen LogP contribution in [0.25, 0.3) is 0 Å². The lowest BCUT2D eigenvalue weighted by atomic mass is 10.1. The molecule has 0 aliphatic rings. The molecule has 2 N–H and O–H groups in total. The van der Waals surface area contributed by atoms with Gasteiger partial charge in [0.25, 0.3) is 0 Å². The number of aromatic carboxylic acids is 1. The summed E-state index contributed by atoms with van der Waals surface area (Å²) < 4.78 is 26.5. The van der Waals surface area contributed by atoms with Crippen LogP contribution < -0.4 is 4.72 Å². The molecule has 0 radical (unpaired) electrons. The molecule has 6 nitrogen and oxygen atoms in total. The first-order chi connectivity index (χ1) is 9.29. The molecule has 0 unspecified atom stereocenters. The van der Waals surface area contributed by atoms with Crippen molar-refractivity contribution < 1.29 is 18.3 Å². The number of rotatable bonds is 6. The highest BCUT2D eigenvalue weighted by atomic mass is 35.5. The molecule has 0 spiro atoms. The summed E-state index contributed by atoms with van der Waals surface area (Å²) in [5.41, 5.74) is -0.0374. The first-order valence-corrected chi connectivity index (χ1v) is 7.55. The van der Waals surface area contributed by atoms with Gasteiger partial charge in [-0.05, 0) is 31.0 Å². The van der Waals surface area contributed by atoms with Crippen molar-refractivity contribution in [3.63, 3.8) is 0 Å². The van der Waals surface area contributed by atoms with Crippen molar-refractivity contribution in [3.8, 4) is 6.07 Å². The van der Waals surface area contributed by atoms with Crippen LogP contribution in [0.3, 0.4) is 0 Å². The maximum Gasteiger partial charge on any atom is 0.336 e. The number of carbonyl (C=O) groups is 1. The molecule has 0 aliphatic carbocycles. The molecule has 108 valence electrons. The third-order valence-corrected chi connectivity index (χ3v) is 4.41. The Hall–Kier alpha value is -1.62. The van der Waals surface area contributed by atoms with Gasteiger partial charge < -0.3 is 5.11 Å². The van der Waals surface area contributed by atoms with Gasteiger partial charge in [-0.1, -0.05) is 11.6 Å². The van der Waals surface area contributed by atoms with Crippen molar-refractivity contribution in [1.29, 1.82) is 5.26 Å². The van der Waals surface area contributed by atoms with E-state index in [1.807, 2.05) is 6.07 Å². The number of sulfonamides is 1. The maximum atomic E-state index is 12.1. The van der Waals surface area contributed by atoms with E-state index in [2.05, 4.69) is 4.72 Å². The van der Waals surface area contributed by atoms with E-state index in [1.165, 1.54) is 19.1 Å². The van der Waals surface area contributed by atoms with E-state index >= 15 is 0 Å². The Kier molecular flexibility index (Phi) is 5.51. The van der Waals surface area contributed by atoms with E-state index in [9.17, 15) is 13.2 Å². The van der Waals surface area contributed by atoms with Gasteiger partial charge in [0.05, 0.1) is 16.5 Å². The number of halogens is 1. The normalized spacial score (nSPS) is 11.1. The van der Waals surface area contributed by atoms with E-state index in [1.54, 1.807) is 0 Å². The minimum atomic E-state index is -3.86. The third-order valence-electron chi connectivity index (χ3n) is 2.60. The molecule has 8 heteroatoms. The molecule has 0 atom stereocenters. The summed E-state index contributed by atoms with van der Waals surface area (Å²) >= 11 is 5.76. The van der Waals surface area contributed by atoms with Crippen LogP contribution in [0.15, 0.2) is 17.0 Å². The summed E-state index contributed by atoms with van der Waals surface area (Å²) in [5, 5.41) is 17.4. The number of hydrogen-bond donors (Lipinski definition) is 2. The predicted molar refractivity (Wildman–Crippen MR) is 73.2 cm³/mol. The summed E-state index contributed by atoms with van der Waals surface area (Å²) in [6.07, 6.45) is 0.610. The largest absolute Gasteiger partial charge is 0.478 e. The lowest BCUT2D eigenvalue weighted by Gasteiger charge is -2.11. The van der Waals surface area contributed by atoms with Crippen LogP contribution in [0.4, 0.5) is 0 Å². The first-order valence-electron chi connectivity index (χ1n) is 5.69. The van der Waals surface area contributed by atoms with Gasteiger partial charge in [0.15, 0.2) is 0 Å². The quantitative estimate of drug-likeness (QED) is 0.780. The van der Waals surface area contributed by atoms with Crippen LogP contribution in [0.2, 0.25) is 5.02 Å². The van der Waals surface area contributed by atoms with Gasteiger partial charge in [-0.2, -0.15) is 5.26 Å². The average molecular weight is 317 g/mol. The third kappa shape index (κ3) is 3.93. The number of carboxylic acid groups (broad SMARTS) is 1. The number of unbranched alkanes of at least 4 members (excludes halogenated alkanes) is 1. The van der Waals surface area contributed by atoms with Crippen molar-refractivity contribution in [2.24, 2.45) is 0 Å². The second-order valence-corrected chi connectivity index (χ2v) is 6.21. The fraction of sp³-hybridized carbons (Fsp3) is 0.333. The molecular formula is C12H13ClN2O4S. The minimum Gasteiger partial charge on any atom is -0.478 e. The zero-order valence-electron chi connectivity index (χ0n) is 10.7. The van der Waals surface area contributed by atoms with Gasteiger partial charge >= 0.3 is 5.97 Å². The molecule has 1 aromatic carbocycles. The second kappa shape index (κ2) is 6.70. The van der Waals surface area contributed by atoms with E-state index in [-0.39, 0.29) is 34.0 Å². The minimum absolute atomic E-state index is 0.0328. The maximum absolute atomic E-state index is 12.1. The number of benzene rings is 1. The summed E-state index contributed by atoms with van der Waals surface area (Å²) in [6.45, 7) is 1.51. The molecular weight excluding hydrogens is 304 g/mol. The SMILES string of the molecule is Cc1c(C(=O)O)cc(Cl)cc1S(=O)(=O)NCCCC#N. The molecule has 20 heavy (non-hydrogen) atoms. The molecule has 0 fully saturated rings. The Morgan fingerprint density at radius 1 is 1.50 bits per heavy atom. The van der Waals surface area contributed by atoms with Gasteiger partial charge in [-0.3, -0.25) is 0 Å². The highest BCUT2D eigenvalue weighted by molar-refractivity contribution is 7.89. The van der Waals surface area contributed by atoms with Gasteiger partial charge in [-0.15, -0.1) is 0 Å². The zero-order valence-corrected chi connectivity index (χ0v) is 12.3. The van der Waals surface area contributed by atoms with E-state index in [0.29, 0.717) is 6.42 Å². The Morgan fingerprint density at radius 2 is 2.15 bits per heavy atom. The van der Waals surface area contributed by atoms with E-state index < -0.39 is 16.0 Å². The number of hydrogen-bond acceptors (Lipinski definition) is 4. The fourth-order valence-corrected chi connectivity index (χ4v) is 3.25. The first kappa shape index (κ1) is 16.4. The summed E-state index contributed by atoms with van der Waals surface area (Å²) in [7, 11) is -3.86. The van der Waals surface area contributed by atoms with Crippen molar-refractivity contribution in [2.45, 2.75) is 24.7 Å². The van der Waals surface area contributed by atoms with Crippen molar-refractivity contribution in [1.82, 2.24) is 4.72 Å². The van der Waals surface area contributed by atoms with Gasteiger partial charge in [0, 0.05) is 18.0 Å². The summed E-state index contributed by atoms with van der Waals surface area (Å²) in [4.78, 5) is 10.9. The van der Waals surface area contributed by atoms with Crippen molar-refractivity contribution in [3.05, 3.63) is 28.3 Å². The van der Waals surface area contributed by atoms with Crippen LogP contribution in [0.5, 0.6) is 0 Å². The van der Waals surface area contributed by atoms with Gasteiger partial charge in [0.1, 0.15) is 0 Å². The molecule has 0 aliphatic heterocycles. The lowest BCUT2D eigenvalue weighted by molar-refractivity contribution is 0.0696. The molecule has 0 aromatic heterocycles. The monoisotopic (exact) mass is 316 g/mol. The fourth-order valence-electron chi connectivity index (χ4n) is 1.61. The van der Waals surface area contributed by atoms with Crippen LogP contribution >= 0.6 is 11.6 Å². The van der Waals surface area contributed by atoms with E-state index in [0.717, 1.165) is 0 Å². The second-order valence-electron chi connectivity index (χ2n) is 4.04. The van der Waals surface area contributed by atoms with Crippen LogP contribution in [0.1, 0.15) is 28.8 Å². The number of carboxylic acids is 1. The van der Waals surface area contributed by atoms with Crippen LogP contribution in [0, 0.1) is 18.3 Å². The highest BCUT2D eigenvalue weighted by Crippen LogP contribution is 2.24. The molecule has 0 saturated carbocycles. The van der Waals surface area contributed by atoms with Crippen LogP contribution in [-0.4, -0.2) is 26.0 Å². The average Bonchev–Trinajstić information content (AvgIpc) is 2.36. The smallest absolute Gasteiger partial charge is 0.336 e. The van der Waals surface area contributed by atoms with Crippen LogP contribution in [-0.2, 0) is 10.0 Å². The summed E-state index contributed by atoms with van der Waals surface area (Å²) in [5.74, 6) is -1.24. The zero-order chi connectivity index (χ0) is 15.3. The number of nitrogens with one attached hydrogen (secondary N) is 1. The highest BCUT2D eigenvalue weighted by Gasteiger charge is 2.21. The molecule has 0 heterocycles. The Morgan fingerprint density at radius 3 is 2.70 bits per heavy atom. The molecule has 0 amide bonds. The molecule has 0 saturated heterocycles. The Labute approximate surface area is 122 Å². The van der Waals surface area contributed by atoms with E-state index in [4.69, 9.17) is 22.0 Å². The Bertz CT molecular complexity index is 665. The topological polar surface area (TPSA) is 107 Å². The lowest BCUT2D eigenvalue weighted by Crippen LogP contribution is -2.26. The standard InChI is InChI=1S/C12H13ClN2O4S/c1-8-10(12(16)17)6-9(13)7-11(8)20(18,19)15-5-3-2-4-14/h6-7,15H,2-3,5H2,1H3,(H,16,17).